The van der Waals surface area contributed by atoms with Crippen LogP contribution in [-0.2, 0) is 4.79 Å². The summed E-state index contributed by atoms with van der Waals surface area (Å²) in [5.41, 5.74) is 0.0450. The van der Waals surface area contributed by atoms with Crippen molar-refractivity contribution in [1.29, 1.82) is 10.5 Å². The van der Waals surface area contributed by atoms with E-state index in [0.29, 0.717) is 12.2 Å². The average Bonchev–Trinajstić information content (AvgIpc) is 2.98. The molecule has 80 valence electrons. The smallest absolute Gasteiger partial charge is 0.224 e. The highest BCUT2D eigenvalue weighted by Crippen LogP contribution is 2.49. The van der Waals surface area contributed by atoms with Gasteiger partial charge in [-0.2, -0.15) is 23.2 Å². The molecular weight excluding hydrogens is 210 g/mol. The molecule has 0 aliphatic heterocycles. The van der Waals surface area contributed by atoms with Gasteiger partial charge in [0.2, 0.25) is 5.91 Å². The Kier molecular flexibility index (Phi) is 3.99. The molecule has 0 spiro atoms. The Bertz CT molecular complexity index is 309. The fraction of sp³-hybridized carbons (Fsp3) is 0.700. The minimum Gasteiger partial charge on any atom is -0.316 e. The summed E-state index contributed by atoms with van der Waals surface area (Å²) in [7, 11) is 0. The van der Waals surface area contributed by atoms with Crippen LogP contribution in [0, 0.1) is 28.1 Å². The van der Waals surface area contributed by atoms with Gasteiger partial charge in [-0.05, 0) is 24.0 Å². The monoisotopic (exact) mass is 223 g/mol. The van der Waals surface area contributed by atoms with Gasteiger partial charge in [-0.3, -0.25) is 4.79 Å². The van der Waals surface area contributed by atoms with E-state index in [1.807, 2.05) is 12.1 Å². The number of carbonyl (C=O) groups excluding carboxylic acids is 1. The van der Waals surface area contributed by atoms with E-state index in [4.69, 9.17) is 10.5 Å². The summed E-state index contributed by atoms with van der Waals surface area (Å²) in [6, 6.07) is 3.79. The molecule has 0 aromatic rings. The molecule has 0 N–H and O–H groups in total. The summed E-state index contributed by atoms with van der Waals surface area (Å²) in [6.07, 6.45) is 2.46. The minimum absolute atomic E-state index is 0.00492. The standard InChI is InChI=1S/C10H13N3OS/c11-3-5-13(6-4-12)9(14)7-10(8-15)1-2-10/h15H,1-2,5-8H2. The normalized spacial score (nSPS) is 16.2. The van der Waals surface area contributed by atoms with E-state index in [1.165, 1.54) is 4.90 Å². The van der Waals surface area contributed by atoms with Crippen molar-refractivity contribution in [2.24, 2.45) is 5.41 Å². The van der Waals surface area contributed by atoms with Crippen molar-refractivity contribution < 1.29 is 4.79 Å². The molecule has 0 radical (unpaired) electrons. The van der Waals surface area contributed by atoms with Crippen molar-refractivity contribution in [1.82, 2.24) is 4.90 Å². The largest absolute Gasteiger partial charge is 0.316 e. The second kappa shape index (κ2) is 5.04. The number of nitriles is 2. The summed E-state index contributed by atoms with van der Waals surface area (Å²) >= 11 is 4.21. The predicted molar refractivity (Wildman–Crippen MR) is 57.9 cm³/mol. The maximum Gasteiger partial charge on any atom is 0.224 e. The molecule has 5 heteroatoms. The first-order valence-electron chi connectivity index (χ1n) is 4.80. The fourth-order valence-corrected chi connectivity index (χ4v) is 1.83. The minimum atomic E-state index is -0.107. The van der Waals surface area contributed by atoms with Crippen molar-refractivity contribution >= 4 is 18.5 Å². The Hall–Kier alpha value is -1.20. The second-order valence-corrected chi connectivity index (χ2v) is 4.22. The van der Waals surface area contributed by atoms with Gasteiger partial charge >= 0.3 is 0 Å². The SMILES string of the molecule is N#CCN(CC#N)C(=O)CC1(CS)CC1. The molecule has 0 unspecified atom stereocenters. The Morgan fingerprint density at radius 1 is 1.33 bits per heavy atom. The summed E-state index contributed by atoms with van der Waals surface area (Å²) in [5.74, 6) is 0.593. The van der Waals surface area contributed by atoms with E-state index in [0.717, 1.165) is 12.8 Å². The van der Waals surface area contributed by atoms with Gasteiger partial charge in [0.1, 0.15) is 13.1 Å². The van der Waals surface area contributed by atoms with Crippen LogP contribution in [0.25, 0.3) is 0 Å². The van der Waals surface area contributed by atoms with E-state index in [1.54, 1.807) is 0 Å². The summed E-state index contributed by atoms with van der Waals surface area (Å²) < 4.78 is 0. The molecule has 0 atom stereocenters. The van der Waals surface area contributed by atoms with Crippen LogP contribution < -0.4 is 0 Å². The van der Waals surface area contributed by atoms with E-state index in [-0.39, 0.29) is 24.4 Å². The summed E-state index contributed by atoms with van der Waals surface area (Å²) in [5, 5.41) is 17.0. The predicted octanol–water partition coefficient (Wildman–Crippen LogP) is 0.962. The molecule has 0 saturated heterocycles. The van der Waals surface area contributed by atoms with Crippen molar-refractivity contribution in [3.63, 3.8) is 0 Å². The molecule has 1 fully saturated rings. The lowest BCUT2D eigenvalue weighted by Crippen LogP contribution is -2.33. The van der Waals surface area contributed by atoms with Gasteiger partial charge in [0.15, 0.2) is 0 Å². The van der Waals surface area contributed by atoms with Crippen LogP contribution in [-0.4, -0.2) is 29.6 Å². The zero-order valence-electron chi connectivity index (χ0n) is 8.44. The van der Waals surface area contributed by atoms with E-state index in [9.17, 15) is 4.79 Å². The number of hydrogen-bond acceptors (Lipinski definition) is 4. The van der Waals surface area contributed by atoms with Crippen molar-refractivity contribution in [3.05, 3.63) is 0 Å². The molecule has 1 aliphatic carbocycles. The zero-order valence-corrected chi connectivity index (χ0v) is 9.33. The molecule has 0 aromatic carbocycles. The van der Waals surface area contributed by atoms with E-state index >= 15 is 0 Å². The van der Waals surface area contributed by atoms with Crippen LogP contribution in [0.3, 0.4) is 0 Å². The molecule has 1 amide bonds. The first-order valence-corrected chi connectivity index (χ1v) is 5.43. The maximum atomic E-state index is 11.7. The summed E-state index contributed by atoms with van der Waals surface area (Å²) in [4.78, 5) is 13.0. The number of hydrogen-bond donors (Lipinski definition) is 1. The lowest BCUT2D eigenvalue weighted by Gasteiger charge is -2.19. The second-order valence-electron chi connectivity index (χ2n) is 3.90. The van der Waals surface area contributed by atoms with Crippen molar-refractivity contribution in [3.8, 4) is 12.1 Å². The van der Waals surface area contributed by atoms with Crippen LogP contribution in [0.1, 0.15) is 19.3 Å². The lowest BCUT2D eigenvalue weighted by molar-refractivity contribution is -0.131. The number of nitrogens with zero attached hydrogens (tertiary/aromatic N) is 3. The average molecular weight is 223 g/mol. The van der Waals surface area contributed by atoms with Crippen LogP contribution in [0.4, 0.5) is 0 Å². The third-order valence-corrected chi connectivity index (χ3v) is 3.37. The Balaban J connectivity index is 2.50. The molecule has 0 heterocycles. The fourth-order valence-electron chi connectivity index (χ4n) is 1.40. The molecule has 1 saturated carbocycles. The first-order chi connectivity index (χ1) is 7.17. The van der Waals surface area contributed by atoms with E-state index < -0.39 is 0 Å². The van der Waals surface area contributed by atoms with Crippen LogP contribution in [0.2, 0.25) is 0 Å². The first kappa shape index (κ1) is 11.9. The molecule has 0 aromatic heterocycles. The summed E-state index contributed by atoms with van der Waals surface area (Å²) in [6.45, 7) is -0.00983. The van der Waals surface area contributed by atoms with Gasteiger partial charge in [0, 0.05) is 6.42 Å². The van der Waals surface area contributed by atoms with Gasteiger partial charge in [0.25, 0.3) is 0 Å². The number of rotatable bonds is 5. The molecular formula is C10H13N3OS. The van der Waals surface area contributed by atoms with Gasteiger partial charge in [-0.1, -0.05) is 0 Å². The third-order valence-electron chi connectivity index (χ3n) is 2.69. The van der Waals surface area contributed by atoms with Gasteiger partial charge in [0.05, 0.1) is 12.1 Å². The van der Waals surface area contributed by atoms with Crippen LogP contribution in [0.5, 0.6) is 0 Å². The topological polar surface area (TPSA) is 67.9 Å². The Morgan fingerprint density at radius 2 is 1.87 bits per heavy atom. The van der Waals surface area contributed by atoms with Gasteiger partial charge in [-0.25, -0.2) is 0 Å². The van der Waals surface area contributed by atoms with Crippen molar-refractivity contribution in [2.75, 3.05) is 18.8 Å². The van der Waals surface area contributed by atoms with Crippen LogP contribution >= 0.6 is 12.6 Å². The Morgan fingerprint density at radius 3 is 2.20 bits per heavy atom. The number of amides is 1. The van der Waals surface area contributed by atoms with Crippen molar-refractivity contribution in [2.45, 2.75) is 19.3 Å². The number of thiol groups is 1. The van der Waals surface area contributed by atoms with Gasteiger partial charge in [-0.15, -0.1) is 0 Å². The molecule has 0 bridgehead atoms. The lowest BCUT2D eigenvalue weighted by atomic mass is 10.0. The highest BCUT2D eigenvalue weighted by Gasteiger charge is 2.43. The zero-order chi connectivity index (χ0) is 11.3. The number of carbonyl (C=O) groups is 1. The highest BCUT2D eigenvalue weighted by atomic mass is 32.1. The third kappa shape index (κ3) is 3.14. The Labute approximate surface area is 94.9 Å². The molecule has 1 aliphatic rings. The molecule has 1 rings (SSSR count). The quantitative estimate of drug-likeness (QED) is 0.557. The van der Waals surface area contributed by atoms with E-state index in [2.05, 4.69) is 12.6 Å². The molecule has 15 heavy (non-hydrogen) atoms. The molecule has 4 nitrogen and oxygen atoms in total. The maximum absolute atomic E-state index is 11.7. The van der Waals surface area contributed by atoms with Crippen LogP contribution in [0.15, 0.2) is 0 Å². The van der Waals surface area contributed by atoms with Gasteiger partial charge < -0.3 is 4.90 Å². The highest BCUT2D eigenvalue weighted by molar-refractivity contribution is 7.80.